The molecular weight excluding hydrogens is 364 g/mol. The lowest BCUT2D eigenvalue weighted by atomic mass is 10.2. The first kappa shape index (κ1) is 19.4. The number of hydrogen-bond acceptors (Lipinski definition) is 4. The molecule has 0 aromatic heterocycles. The highest BCUT2D eigenvalue weighted by molar-refractivity contribution is 5.80. The lowest BCUT2D eigenvalue weighted by Gasteiger charge is -2.20. The van der Waals surface area contributed by atoms with Gasteiger partial charge in [-0.25, -0.2) is 4.99 Å². The molecule has 29 heavy (non-hydrogen) atoms. The smallest absolute Gasteiger partial charge is 0.191 e. The minimum Gasteiger partial charge on any atom is -0.490 e. The highest BCUT2D eigenvalue weighted by atomic mass is 16.5. The number of para-hydroxylation sites is 1. The van der Waals surface area contributed by atoms with Crippen molar-refractivity contribution in [2.45, 2.75) is 32.4 Å². The van der Waals surface area contributed by atoms with Gasteiger partial charge in [0.25, 0.3) is 0 Å². The van der Waals surface area contributed by atoms with E-state index in [1.54, 1.807) is 0 Å². The van der Waals surface area contributed by atoms with Gasteiger partial charge in [0, 0.05) is 37.8 Å². The molecule has 0 bridgehead atoms. The molecule has 2 aliphatic rings. The summed E-state index contributed by atoms with van der Waals surface area (Å²) >= 11 is 0. The second-order valence-electron chi connectivity index (χ2n) is 7.44. The number of hydrogen-bond donors (Lipinski definition) is 2. The molecule has 6 heteroatoms. The molecule has 0 aliphatic carbocycles. The Bertz CT molecular complexity index is 825. The Morgan fingerprint density at radius 2 is 1.93 bits per heavy atom. The van der Waals surface area contributed by atoms with Crippen molar-refractivity contribution in [2.24, 2.45) is 4.99 Å². The zero-order chi connectivity index (χ0) is 19.9. The average Bonchev–Trinajstić information content (AvgIpc) is 3.09. The normalized spacial score (nSPS) is 19.0. The van der Waals surface area contributed by atoms with E-state index in [1.807, 2.05) is 12.1 Å². The lowest BCUT2D eigenvalue weighted by molar-refractivity contribution is 0.297. The SMILES string of the molecule is CCNC(=NCc1ccc2c(c1)OCCCO2)NC1CCN(c2ccccc2)C1. The van der Waals surface area contributed by atoms with Crippen molar-refractivity contribution in [2.75, 3.05) is 37.7 Å². The molecule has 0 radical (unpaired) electrons. The van der Waals surface area contributed by atoms with Gasteiger partial charge in [-0.05, 0) is 43.2 Å². The molecule has 2 aromatic rings. The summed E-state index contributed by atoms with van der Waals surface area (Å²) in [5, 5.41) is 6.97. The Balaban J connectivity index is 1.37. The van der Waals surface area contributed by atoms with Crippen LogP contribution in [0, 0.1) is 0 Å². The monoisotopic (exact) mass is 394 g/mol. The first-order valence-corrected chi connectivity index (χ1v) is 10.5. The first-order valence-electron chi connectivity index (χ1n) is 10.5. The summed E-state index contributed by atoms with van der Waals surface area (Å²) in [6.45, 7) is 6.98. The zero-order valence-corrected chi connectivity index (χ0v) is 17.1. The molecule has 1 saturated heterocycles. The summed E-state index contributed by atoms with van der Waals surface area (Å²) in [6.07, 6.45) is 2.02. The zero-order valence-electron chi connectivity index (χ0n) is 17.1. The Morgan fingerprint density at radius 1 is 1.10 bits per heavy atom. The van der Waals surface area contributed by atoms with E-state index in [0.29, 0.717) is 25.8 Å². The topological polar surface area (TPSA) is 58.1 Å². The van der Waals surface area contributed by atoms with Crippen LogP contribution >= 0.6 is 0 Å². The summed E-state index contributed by atoms with van der Waals surface area (Å²) in [5.41, 5.74) is 2.40. The highest BCUT2D eigenvalue weighted by Crippen LogP contribution is 2.30. The van der Waals surface area contributed by atoms with Gasteiger partial charge in [-0.1, -0.05) is 24.3 Å². The maximum atomic E-state index is 5.79. The average molecular weight is 395 g/mol. The number of rotatable bonds is 5. The van der Waals surface area contributed by atoms with Crippen molar-refractivity contribution >= 4 is 11.6 Å². The van der Waals surface area contributed by atoms with Crippen LogP contribution in [0.4, 0.5) is 5.69 Å². The van der Waals surface area contributed by atoms with Gasteiger partial charge in [0.1, 0.15) is 0 Å². The second-order valence-corrected chi connectivity index (χ2v) is 7.44. The third-order valence-electron chi connectivity index (χ3n) is 5.23. The number of anilines is 1. The van der Waals surface area contributed by atoms with Gasteiger partial charge in [-0.2, -0.15) is 0 Å². The van der Waals surface area contributed by atoms with Crippen LogP contribution in [-0.4, -0.2) is 44.8 Å². The van der Waals surface area contributed by atoms with E-state index < -0.39 is 0 Å². The van der Waals surface area contributed by atoms with Gasteiger partial charge >= 0.3 is 0 Å². The maximum Gasteiger partial charge on any atom is 0.191 e. The predicted octanol–water partition coefficient (Wildman–Crippen LogP) is 3.18. The molecule has 0 amide bonds. The Labute approximate surface area is 172 Å². The Kier molecular flexibility index (Phi) is 6.39. The third-order valence-corrected chi connectivity index (χ3v) is 5.23. The fraction of sp³-hybridized carbons (Fsp3) is 0.435. The number of aliphatic imine (C=N–C) groups is 1. The number of fused-ring (bicyclic) bond motifs is 1. The number of ether oxygens (including phenoxy) is 2. The summed E-state index contributed by atoms with van der Waals surface area (Å²) in [4.78, 5) is 7.22. The Morgan fingerprint density at radius 3 is 2.76 bits per heavy atom. The first-order chi connectivity index (χ1) is 14.3. The molecule has 0 saturated carbocycles. The van der Waals surface area contributed by atoms with Crippen LogP contribution in [0.1, 0.15) is 25.3 Å². The van der Waals surface area contributed by atoms with Crippen LogP contribution in [0.3, 0.4) is 0 Å². The third kappa shape index (κ3) is 5.13. The molecule has 0 spiro atoms. The maximum absolute atomic E-state index is 5.79. The summed E-state index contributed by atoms with van der Waals surface area (Å²) in [5.74, 6) is 2.51. The lowest BCUT2D eigenvalue weighted by Crippen LogP contribution is -2.44. The van der Waals surface area contributed by atoms with Gasteiger partial charge in [0.15, 0.2) is 17.5 Å². The van der Waals surface area contributed by atoms with E-state index in [0.717, 1.165) is 55.5 Å². The summed E-state index contributed by atoms with van der Waals surface area (Å²) < 4.78 is 11.5. The molecule has 2 aliphatic heterocycles. The number of nitrogens with zero attached hydrogens (tertiary/aromatic N) is 2. The molecule has 6 nitrogen and oxygen atoms in total. The van der Waals surface area contributed by atoms with E-state index >= 15 is 0 Å². The van der Waals surface area contributed by atoms with Gasteiger partial charge in [0.2, 0.25) is 0 Å². The fourth-order valence-electron chi connectivity index (χ4n) is 3.74. The van der Waals surface area contributed by atoms with E-state index in [2.05, 4.69) is 58.9 Å². The molecule has 1 unspecified atom stereocenters. The second kappa shape index (κ2) is 9.54. The summed E-state index contributed by atoms with van der Waals surface area (Å²) in [6, 6.07) is 17.1. The number of nitrogens with one attached hydrogen (secondary N) is 2. The van der Waals surface area contributed by atoms with Crippen molar-refractivity contribution in [3.05, 3.63) is 54.1 Å². The molecule has 2 N–H and O–H groups in total. The molecule has 2 aromatic carbocycles. The van der Waals surface area contributed by atoms with E-state index in [1.165, 1.54) is 5.69 Å². The number of guanidine groups is 1. The quantitative estimate of drug-likeness (QED) is 0.603. The van der Waals surface area contributed by atoms with Gasteiger partial charge in [-0.15, -0.1) is 0 Å². The molecule has 1 fully saturated rings. The molecule has 154 valence electrons. The fourth-order valence-corrected chi connectivity index (χ4v) is 3.74. The van der Waals surface area contributed by atoms with E-state index in [4.69, 9.17) is 14.5 Å². The van der Waals surface area contributed by atoms with Crippen LogP contribution < -0.4 is 25.0 Å². The molecule has 2 heterocycles. The van der Waals surface area contributed by atoms with Crippen molar-refractivity contribution in [3.8, 4) is 11.5 Å². The van der Waals surface area contributed by atoms with Crippen LogP contribution in [0.5, 0.6) is 11.5 Å². The van der Waals surface area contributed by atoms with Crippen LogP contribution in [-0.2, 0) is 6.54 Å². The van der Waals surface area contributed by atoms with Crippen LogP contribution in [0.2, 0.25) is 0 Å². The Hall–Kier alpha value is -2.89. The van der Waals surface area contributed by atoms with Crippen LogP contribution in [0.15, 0.2) is 53.5 Å². The van der Waals surface area contributed by atoms with Crippen molar-refractivity contribution in [1.82, 2.24) is 10.6 Å². The van der Waals surface area contributed by atoms with E-state index in [9.17, 15) is 0 Å². The van der Waals surface area contributed by atoms with Gasteiger partial charge < -0.3 is 25.0 Å². The highest BCUT2D eigenvalue weighted by Gasteiger charge is 2.23. The van der Waals surface area contributed by atoms with E-state index in [-0.39, 0.29) is 0 Å². The van der Waals surface area contributed by atoms with Crippen molar-refractivity contribution in [1.29, 1.82) is 0 Å². The van der Waals surface area contributed by atoms with Crippen LogP contribution in [0.25, 0.3) is 0 Å². The molecule has 4 rings (SSSR count). The molecular formula is C23H30N4O2. The minimum atomic E-state index is 0.386. The summed E-state index contributed by atoms with van der Waals surface area (Å²) in [7, 11) is 0. The predicted molar refractivity (Wildman–Crippen MR) is 117 cm³/mol. The van der Waals surface area contributed by atoms with Crippen molar-refractivity contribution < 1.29 is 9.47 Å². The largest absolute Gasteiger partial charge is 0.490 e. The van der Waals surface area contributed by atoms with Gasteiger partial charge in [0.05, 0.1) is 19.8 Å². The number of benzene rings is 2. The standard InChI is InChI=1S/C23H30N4O2/c1-2-24-23(26-19-11-12-27(17-19)20-7-4-3-5-8-20)25-16-18-9-10-21-22(15-18)29-14-6-13-28-21/h3-5,7-10,15,19H,2,6,11-14,16-17H2,1H3,(H2,24,25,26). The van der Waals surface area contributed by atoms with Crippen molar-refractivity contribution in [3.63, 3.8) is 0 Å². The molecule has 1 atom stereocenters. The minimum absolute atomic E-state index is 0.386. The van der Waals surface area contributed by atoms with Gasteiger partial charge in [-0.3, -0.25) is 0 Å².